The normalized spacial score (nSPS) is 16.6. The smallest absolute Gasteiger partial charge is 0.305 e. The number of nitrogens with zero attached hydrogens (tertiary/aromatic N) is 3. The van der Waals surface area contributed by atoms with Crippen LogP contribution in [0.3, 0.4) is 0 Å². The monoisotopic (exact) mass is 380 g/mol. The Morgan fingerprint density at radius 1 is 1.15 bits per heavy atom. The predicted molar refractivity (Wildman–Crippen MR) is 101 cm³/mol. The van der Waals surface area contributed by atoms with Gasteiger partial charge in [-0.25, -0.2) is 4.99 Å². The molecule has 3 aromatic rings. The van der Waals surface area contributed by atoms with Crippen LogP contribution in [-0.4, -0.2) is 25.9 Å². The Morgan fingerprint density at radius 3 is 2.59 bits per heavy atom. The van der Waals surface area contributed by atoms with Crippen molar-refractivity contribution >= 4 is 33.8 Å². The van der Waals surface area contributed by atoms with Gasteiger partial charge in [0.05, 0.1) is 16.2 Å². The lowest BCUT2D eigenvalue weighted by Gasteiger charge is -2.11. The molecule has 0 N–H and O–H groups in total. The van der Waals surface area contributed by atoms with Crippen molar-refractivity contribution < 1.29 is 14.6 Å². The first kappa shape index (κ1) is 17.3. The first-order valence-electron chi connectivity index (χ1n) is 8.20. The third-order valence-electron chi connectivity index (χ3n) is 4.22. The summed E-state index contributed by atoms with van der Waals surface area (Å²) in [5, 5.41) is 10.8. The van der Waals surface area contributed by atoms with Crippen LogP contribution in [0.25, 0.3) is 10.9 Å². The number of ether oxygens (including phenoxy) is 1. The van der Waals surface area contributed by atoms with Crippen molar-refractivity contribution in [1.29, 1.82) is 0 Å². The highest BCUT2D eigenvalue weighted by atomic mass is 32.2. The van der Waals surface area contributed by atoms with E-state index in [-0.39, 0.29) is 17.5 Å². The number of benzene rings is 2. The van der Waals surface area contributed by atoms with Crippen LogP contribution in [0.2, 0.25) is 0 Å². The molecule has 7 nitrogen and oxygen atoms in total. The van der Waals surface area contributed by atoms with E-state index in [0.717, 1.165) is 17.3 Å². The molecule has 1 unspecified atom stereocenters. The molecule has 4 rings (SSSR count). The van der Waals surface area contributed by atoms with E-state index in [9.17, 15) is 14.7 Å². The number of thioether (sulfide) groups is 1. The Hall–Kier alpha value is -3.13. The molecule has 0 fully saturated rings. The minimum atomic E-state index is -0.466. The molecule has 8 heteroatoms. The molecule has 0 saturated carbocycles. The molecule has 2 heterocycles. The van der Waals surface area contributed by atoms with Gasteiger partial charge in [0.1, 0.15) is 5.75 Å². The molecule has 0 saturated heterocycles. The molecular formula is C19H14N3O4S-. The second-order valence-corrected chi connectivity index (χ2v) is 7.20. The topological polar surface area (TPSA) is 96.6 Å². The van der Waals surface area contributed by atoms with Gasteiger partial charge in [0.15, 0.2) is 0 Å². The summed E-state index contributed by atoms with van der Waals surface area (Å²) in [5.41, 5.74) is 1.27. The zero-order valence-corrected chi connectivity index (χ0v) is 15.1. The fraction of sp³-hybridized carbons (Fsp3) is 0.158. The van der Waals surface area contributed by atoms with Gasteiger partial charge in [-0.3, -0.25) is 14.2 Å². The quantitative estimate of drug-likeness (QED) is 0.682. The Labute approximate surface area is 158 Å². The van der Waals surface area contributed by atoms with Crippen LogP contribution in [0.1, 0.15) is 5.56 Å². The molecule has 0 radical (unpaired) electrons. The zero-order chi connectivity index (χ0) is 19.0. The minimum Gasteiger partial charge on any atom is -0.854 e. The van der Waals surface area contributed by atoms with E-state index in [2.05, 4.69) is 9.98 Å². The summed E-state index contributed by atoms with van der Waals surface area (Å²) < 4.78 is 7.13. The number of carbonyl (C=O) groups excluding carboxylic acids is 1. The van der Waals surface area contributed by atoms with Crippen LogP contribution in [0.5, 0.6) is 11.8 Å². The summed E-state index contributed by atoms with van der Waals surface area (Å²) in [6, 6.07) is 14.4. The summed E-state index contributed by atoms with van der Waals surface area (Å²) >= 11 is 0.946. The number of carbonyl (C=O) groups is 1. The number of fused-ring (bicyclic) bond motifs is 1. The van der Waals surface area contributed by atoms with Crippen LogP contribution >= 0.6 is 11.8 Å². The highest BCUT2D eigenvalue weighted by Crippen LogP contribution is 2.25. The summed E-state index contributed by atoms with van der Waals surface area (Å²) in [7, 11) is 1.61. The fourth-order valence-corrected chi connectivity index (χ4v) is 3.61. The molecule has 2 aromatic carbocycles. The number of aromatic nitrogens is 2. The van der Waals surface area contributed by atoms with Crippen molar-refractivity contribution in [2.24, 2.45) is 12.0 Å². The first-order chi connectivity index (χ1) is 13.0. The van der Waals surface area contributed by atoms with Crippen LogP contribution in [0.15, 0.2) is 58.3 Å². The number of para-hydroxylation sites is 1. The summed E-state index contributed by atoms with van der Waals surface area (Å²) in [5.74, 6) is 0.128. The minimum absolute atomic E-state index is 0.183. The van der Waals surface area contributed by atoms with E-state index in [0.29, 0.717) is 23.1 Å². The highest BCUT2D eigenvalue weighted by Gasteiger charge is 2.24. The van der Waals surface area contributed by atoms with E-state index in [1.807, 2.05) is 18.2 Å². The van der Waals surface area contributed by atoms with Crippen LogP contribution in [-0.2, 0) is 18.3 Å². The maximum atomic E-state index is 12.4. The number of aliphatic imine (C=N–C) groups is 1. The van der Waals surface area contributed by atoms with Crippen molar-refractivity contribution in [1.82, 2.24) is 9.55 Å². The van der Waals surface area contributed by atoms with Crippen LogP contribution in [0.4, 0.5) is 0 Å². The summed E-state index contributed by atoms with van der Waals surface area (Å²) in [6.45, 7) is 0. The van der Waals surface area contributed by atoms with Crippen LogP contribution in [0, 0.1) is 0 Å². The van der Waals surface area contributed by atoms with Gasteiger partial charge >= 0.3 is 6.01 Å². The van der Waals surface area contributed by atoms with Crippen molar-refractivity contribution in [3.63, 3.8) is 0 Å². The van der Waals surface area contributed by atoms with E-state index in [1.54, 1.807) is 37.4 Å². The molecule has 0 spiro atoms. The van der Waals surface area contributed by atoms with Gasteiger partial charge in [0, 0.05) is 12.3 Å². The van der Waals surface area contributed by atoms with E-state index >= 15 is 0 Å². The first-order valence-corrected chi connectivity index (χ1v) is 9.08. The Bertz CT molecular complexity index is 1120. The third kappa shape index (κ3) is 3.43. The van der Waals surface area contributed by atoms with Crippen molar-refractivity contribution in [3.05, 3.63) is 64.4 Å². The second kappa shape index (κ2) is 6.88. The number of rotatable bonds is 4. The van der Waals surface area contributed by atoms with Gasteiger partial charge in [-0.05, 0) is 36.2 Å². The molecule has 1 aliphatic rings. The standard InChI is InChI=1S/C19H15N3O4S/c1-22-17(24)13-4-2-3-5-14(13)20-18(22)26-12-8-6-11(7-9-12)10-15-16(23)21-19(25)27-15/h2-9,15H,10H2,1H3,(H,21,23,25)/p-1. The maximum absolute atomic E-state index is 12.4. The molecule has 1 amide bonds. The lowest BCUT2D eigenvalue weighted by Crippen LogP contribution is -2.19. The Kier molecular flexibility index (Phi) is 4.41. The van der Waals surface area contributed by atoms with Gasteiger partial charge in [0.2, 0.25) is 0 Å². The van der Waals surface area contributed by atoms with Crippen molar-refractivity contribution in [3.8, 4) is 11.8 Å². The zero-order valence-electron chi connectivity index (χ0n) is 14.3. The number of hydrogen-bond donors (Lipinski definition) is 0. The Morgan fingerprint density at radius 2 is 1.89 bits per heavy atom. The molecule has 0 aliphatic carbocycles. The molecule has 1 aromatic heterocycles. The van der Waals surface area contributed by atoms with Gasteiger partial charge in [-0.15, -0.1) is 11.8 Å². The molecule has 1 atom stereocenters. The van der Waals surface area contributed by atoms with Crippen LogP contribution < -0.4 is 15.4 Å². The number of hydrogen-bond acceptors (Lipinski definition) is 6. The lowest BCUT2D eigenvalue weighted by molar-refractivity contribution is -0.205. The predicted octanol–water partition coefficient (Wildman–Crippen LogP) is 1.63. The van der Waals surface area contributed by atoms with Gasteiger partial charge < -0.3 is 9.84 Å². The van der Waals surface area contributed by atoms with E-state index < -0.39 is 10.5 Å². The van der Waals surface area contributed by atoms with Crippen molar-refractivity contribution in [2.75, 3.05) is 0 Å². The van der Waals surface area contributed by atoms with E-state index in [4.69, 9.17) is 4.74 Å². The Balaban J connectivity index is 1.54. The third-order valence-corrected chi connectivity index (χ3v) is 5.16. The average Bonchev–Trinajstić information content (AvgIpc) is 2.98. The van der Waals surface area contributed by atoms with Gasteiger partial charge in [-0.2, -0.15) is 4.98 Å². The van der Waals surface area contributed by atoms with Gasteiger partial charge in [-0.1, -0.05) is 24.3 Å². The van der Waals surface area contributed by atoms with E-state index in [1.165, 1.54) is 4.57 Å². The van der Waals surface area contributed by atoms with Gasteiger partial charge in [0.25, 0.3) is 11.5 Å². The second-order valence-electron chi connectivity index (χ2n) is 6.05. The average molecular weight is 380 g/mol. The summed E-state index contributed by atoms with van der Waals surface area (Å²) in [6.07, 6.45) is 0.422. The molecule has 136 valence electrons. The summed E-state index contributed by atoms with van der Waals surface area (Å²) in [4.78, 5) is 31.8. The van der Waals surface area contributed by atoms with Crippen molar-refractivity contribution in [2.45, 2.75) is 11.7 Å². The number of amides is 1. The maximum Gasteiger partial charge on any atom is 0.305 e. The molecular weight excluding hydrogens is 366 g/mol. The lowest BCUT2D eigenvalue weighted by atomic mass is 10.1. The SMILES string of the molecule is Cn1c(Oc2ccc(CC3SC([O-])=NC3=O)cc2)nc2ccccc2c1=O. The molecule has 1 aliphatic heterocycles. The highest BCUT2D eigenvalue weighted by molar-refractivity contribution is 8.14. The molecule has 0 bridgehead atoms. The molecule has 27 heavy (non-hydrogen) atoms. The largest absolute Gasteiger partial charge is 0.854 e. The fourth-order valence-electron chi connectivity index (χ4n) is 2.79.